The number of para-hydroxylation sites is 2. The minimum Gasteiger partial charge on any atom is -0.493 e. The molecule has 1 aliphatic rings. The smallest absolute Gasteiger partial charge is 0.253 e. The Morgan fingerprint density at radius 3 is 2.37 bits per heavy atom. The molecule has 0 spiro atoms. The van der Waals surface area contributed by atoms with Gasteiger partial charge in [0.1, 0.15) is 0 Å². The van der Waals surface area contributed by atoms with E-state index in [1.54, 1.807) is 24.1 Å². The van der Waals surface area contributed by atoms with E-state index in [1.807, 2.05) is 38.2 Å². The van der Waals surface area contributed by atoms with Crippen LogP contribution < -0.4 is 19.1 Å². The van der Waals surface area contributed by atoms with Gasteiger partial charge >= 0.3 is 0 Å². The van der Waals surface area contributed by atoms with Gasteiger partial charge < -0.3 is 38.2 Å². The van der Waals surface area contributed by atoms with Gasteiger partial charge in [0, 0.05) is 57.9 Å². The molecule has 1 amide bonds. The second-order valence-electron chi connectivity index (χ2n) is 12.2. The topological polar surface area (TPSA) is 81.5 Å². The fourth-order valence-electron chi connectivity index (χ4n) is 6.53. The molecule has 10 nitrogen and oxygen atoms in total. The number of hydrogen-bond donors (Lipinski definition) is 0. The normalized spacial score (nSPS) is 14.5. The average Bonchev–Trinajstić information content (AvgIpc) is 3.31. The molecule has 1 saturated heterocycles. The summed E-state index contributed by atoms with van der Waals surface area (Å²) in [6, 6.07) is 17.4. The van der Waals surface area contributed by atoms with Gasteiger partial charge in [-0.25, -0.2) is 4.98 Å². The summed E-state index contributed by atoms with van der Waals surface area (Å²) >= 11 is 12.8. The predicted molar refractivity (Wildman–Crippen MR) is 196 cm³/mol. The summed E-state index contributed by atoms with van der Waals surface area (Å²) in [7, 11) is 6.43. The van der Waals surface area contributed by atoms with E-state index >= 15 is 0 Å². The molecule has 264 valence electrons. The van der Waals surface area contributed by atoms with Gasteiger partial charge in [-0.1, -0.05) is 41.4 Å². The summed E-state index contributed by atoms with van der Waals surface area (Å²) < 4.78 is 24.4. The summed E-state index contributed by atoms with van der Waals surface area (Å²) in [6.07, 6.45) is 1.85. The van der Waals surface area contributed by atoms with E-state index in [-0.39, 0.29) is 11.8 Å². The molecule has 3 aromatic carbocycles. The maximum absolute atomic E-state index is 13.8. The third kappa shape index (κ3) is 8.73. The molecule has 0 radical (unpaired) electrons. The van der Waals surface area contributed by atoms with Gasteiger partial charge in [0.2, 0.25) is 11.7 Å². The predicted octanol–water partition coefficient (Wildman–Crippen LogP) is 6.86. The molecule has 1 fully saturated rings. The van der Waals surface area contributed by atoms with E-state index in [4.69, 9.17) is 47.1 Å². The lowest BCUT2D eigenvalue weighted by molar-refractivity contribution is 0.0782. The highest BCUT2D eigenvalue weighted by atomic mass is 35.5. The SMILES string of the molecule is CCOCCn1c(N2CCCN(CC[C@H](CN(C)C(=O)c3cc(OC)c(OC)c(OC)c3)c3ccc(Cl)c(Cl)c3)CC2)nc2ccccc21. The van der Waals surface area contributed by atoms with E-state index in [0.717, 1.165) is 74.7 Å². The lowest BCUT2D eigenvalue weighted by atomic mass is 9.94. The van der Waals surface area contributed by atoms with Gasteiger partial charge in [-0.15, -0.1) is 0 Å². The molecule has 1 atom stereocenters. The maximum atomic E-state index is 13.8. The monoisotopic (exact) mass is 711 g/mol. The number of imidazole rings is 1. The molecule has 0 unspecified atom stereocenters. The Morgan fingerprint density at radius 2 is 1.67 bits per heavy atom. The molecule has 0 saturated carbocycles. The van der Waals surface area contributed by atoms with Crippen molar-refractivity contribution >= 4 is 46.1 Å². The number of halogens is 2. The quantitative estimate of drug-likeness (QED) is 0.124. The summed E-state index contributed by atoms with van der Waals surface area (Å²) in [4.78, 5) is 25.5. The van der Waals surface area contributed by atoms with Gasteiger partial charge in [0.25, 0.3) is 5.91 Å². The molecule has 5 rings (SSSR count). The number of aromatic nitrogens is 2. The van der Waals surface area contributed by atoms with E-state index in [1.165, 1.54) is 14.2 Å². The van der Waals surface area contributed by atoms with Crippen LogP contribution in [0.1, 0.15) is 41.6 Å². The summed E-state index contributed by atoms with van der Waals surface area (Å²) in [5.41, 5.74) is 3.63. The van der Waals surface area contributed by atoms with Gasteiger partial charge in [0.05, 0.1) is 49.0 Å². The van der Waals surface area contributed by atoms with Crippen LogP contribution in [0.15, 0.2) is 54.6 Å². The molecule has 0 aliphatic carbocycles. The summed E-state index contributed by atoms with van der Waals surface area (Å²) in [6.45, 7) is 9.16. The second kappa shape index (κ2) is 17.3. The molecule has 49 heavy (non-hydrogen) atoms. The Morgan fingerprint density at radius 1 is 0.918 bits per heavy atom. The first kappa shape index (κ1) is 36.6. The van der Waals surface area contributed by atoms with Crippen LogP contribution in [-0.4, -0.2) is 106 Å². The molecule has 1 aliphatic heterocycles. The zero-order valence-electron chi connectivity index (χ0n) is 29.1. The number of methoxy groups -OCH3 is 3. The van der Waals surface area contributed by atoms with Crippen molar-refractivity contribution in [1.29, 1.82) is 0 Å². The average molecular weight is 713 g/mol. The highest BCUT2D eigenvalue weighted by Gasteiger charge is 2.25. The molecule has 0 N–H and O–H groups in total. The maximum Gasteiger partial charge on any atom is 0.253 e. The third-order valence-corrected chi connectivity index (χ3v) is 9.87. The van der Waals surface area contributed by atoms with Crippen molar-refractivity contribution < 1.29 is 23.7 Å². The second-order valence-corrected chi connectivity index (χ2v) is 13.0. The highest BCUT2D eigenvalue weighted by Crippen LogP contribution is 2.39. The van der Waals surface area contributed by atoms with E-state index in [9.17, 15) is 4.79 Å². The molecule has 2 heterocycles. The number of amides is 1. The Hall–Kier alpha value is -3.70. The Bertz CT molecular complexity index is 1690. The number of benzene rings is 3. The van der Waals surface area contributed by atoms with Gasteiger partial charge in [-0.2, -0.15) is 0 Å². The first-order valence-electron chi connectivity index (χ1n) is 16.8. The van der Waals surface area contributed by atoms with Crippen LogP contribution in [0.2, 0.25) is 10.0 Å². The van der Waals surface area contributed by atoms with Gasteiger partial charge in [0.15, 0.2) is 11.5 Å². The number of anilines is 1. The van der Waals surface area contributed by atoms with Crippen molar-refractivity contribution in [3.05, 3.63) is 75.8 Å². The lowest BCUT2D eigenvalue weighted by Crippen LogP contribution is -2.35. The Labute approximate surface area is 299 Å². The van der Waals surface area contributed by atoms with Crippen LogP contribution in [-0.2, 0) is 11.3 Å². The molecule has 0 bridgehead atoms. The third-order valence-electron chi connectivity index (χ3n) is 9.13. The van der Waals surface area contributed by atoms with Crippen LogP contribution in [0.25, 0.3) is 11.0 Å². The van der Waals surface area contributed by atoms with Crippen LogP contribution in [0.5, 0.6) is 17.2 Å². The summed E-state index contributed by atoms with van der Waals surface area (Å²) in [5, 5.41) is 1.01. The van der Waals surface area contributed by atoms with Crippen LogP contribution in [0.4, 0.5) is 5.95 Å². The Balaban J connectivity index is 1.30. The molecular weight excluding hydrogens is 665 g/mol. The van der Waals surface area contributed by atoms with Crippen molar-refractivity contribution in [2.45, 2.75) is 32.2 Å². The number of ether oxygens (including phenoxy) is 4. The molecule has 1 aromatic heterocycles. The number of carbonyl (C=O) groups is 1. The van der Waals surface area contributed by atoms with Crippen LogP contribution in [0.3, 0.4) is 0 Å². The number of rotatable bonds is 15. The highest BCUT2D eigenvalue weighted by molar-refractivity contribution is 6.42. The van der Waals surface area contributed by atoms with E-state index < -0.39 is 0 Å². The Kier molecular flexibility index (Phi) is 12.9. The number of likely N-dealkylation sites (N-methyl/N-ethyl adjacent to an activating group) is 1. The lowest BCUT2D eigenvalue weighted by Gasteiger charge is -2.28. The van der Waals surface area contributed by atoms with Gasteiger partial charge in [-0.05, 0) is 74.8 Å². The van der Waals surface area contributed by atoms with Crippen molar-refractivity contribution in [2.75, 3.05) is 85.8 Å². The zero-order chi connectivity index (χ0) is 34.9. The van der Waals surface area contributed by atoms with Crippen molar-refractivity contribution in [2.24, 2.45) is 0 Å². The first-order chi connectivity index (χ1) is 23.8. The fraction of sp³-hybridized carbons (Fsp3) is 0.459. The molecule has 12 heteroatoms. The van der Waals surface area contributed by atoms with Gasteiger partial charge in [-0.3, -0.25) is 4.79 Å². The minimum atomic E-state index is -0.151. The summed E-state index contributed by atoms with van der Waals surface area (Å²) in [5.74, 6) is 2.18. The van der Waals surface area contributed by atoms with Crippen molar-refractivity contribution in [3.63, 3.8) is 0 Å². The van der Waals surface area contributed by atoms with Crippen molar-refractivity contribution in [3.8, 4) is 17.2 Å². The number of fused-ring (bicyclic) bond motifs is 1. The van der Waals surface area contributed by atoms with E-state index in [2.05, 4.69) is 32.6 Å². The van der Waals surface area contributed by atoms with Crippen LogP contribution >= 0.6 is 23.2 Å². The number of nitrogens with zero attached hydrogens (tertiary/aromatic N) is 5. The van der Waals surface area contributed by atoms with Crippen LogP contribution in [0, 0.1) is 0 Å². The number of hydrogen-bond acceptors (Lipinski definition) is 8. The minimum absolute atomic E-state index is 0.0212. The standard InChI is InChI=1S/C37H47Cl2N5O5/c1-6-49-21-20-44-32-11-8-7-10-31(32)40-37(44)43-16-9-15-42(18-19-43)17-14-27(26-12-13-29(38)30(39)22-26)25-41(2)36(45)28-23-33(46-3)35(48-5)34(24-28)47-4/h7-8,10-13,22-24,27H,6,9,14-21,25H2,1-5H3/t27-/m1/s1. The fourth-order valence-corrected chi connectivity index (χ4v) is 6.83. The molecule has 4 aromatic rings. The number of carbonyl (C=O) groups excluding carboxylic acids is 1. The van der Waals surface area contributed by atoms with Crippen molar-refractivity contribution in [1.82, 2.24) is 19.4 Å². The van der Waals surface area contributed by atoms with E-state index in [0.29, 0.717) is 52.6 Å². The largest absolute Gasteiger partial charge is 0.493 e. The molecular formula is C37H47Cl2N5O5. The zero-order valence-corrected chi connectivity index (χ0v) is 30.6. The first-order valence-corrected chi connectivity index (χ1v) is 17.5.